The Hall–Kier alpha value is -0.810. The highest BCUT2D eigenvalue weighted by Gasteiger charge is 2.34. The number of ether oxygens (including phenoxy) is 1. The average Bonchev–Trinajstić information content (AvgIpc) is 3.01. The Bertz CT molecular complexity index is 315. The second-order valence-corrected chi connectivity index (χ2v) is 6.36. The summed E-state index contributed by atoms with van der Waals surface area (Å²) in [4.78, 5) is 14.1. The van der Waals surface area contributed by atoms with Crippen molar-refractivity contribution in [2.24, 2.45) is 11.3 Å². The van der Waals surface area contributed by atoms with Crippen LogP contribution in [0.4, 0.5) is 4.79 Å². The molecule has 2 rings (SSSR count). The molecule has 2 aliphatic heterocycles. The molecule has 20 heavy (non-hydrogen) atoms. The Balaban J connectivity index is 1.79. The molecule has 2 saturated heterocycles. The van der Waals surface area contributed by atoms with E-state index in [1.54, 1.807) is 0 Å². The van der Waals surface area contributed by atoms with Gasteiger partial charge in [0.15, 0.2) is 0 Å². The van der Waals surface area contributed by atoms with Crippen LogP contribution in [0.3, 0.4) is 0 Å². The molecule has 2 atom stereocenters. The fourth-order valence-corrected chi connectivity index (χ4v) is 3.16. The number of amides is 2. The van der Waals surface area contributed by atoms with Crippen LogP contribution in [0.2, 0.25) is 0 Å². The minimum atomic E-state index is 0.0295. The van der Waals surface area contributed by atoms with Crippen molar-refractivity contribution in [1.29, 1.82) is 0 Å². The van der Waals surface area contributed by atoms with Gasteiger partial charge in [-0.2, -0.15) is 0 Å². The topological polar surface area (TPSA) is 61.8 Å². The number of piperidine rings is 1. The van der Waals surface area contributed by atoms with E-state index < -0.39 is 0 Å². The highest BCUT2D eigenvalue weighted by Crippen LogP contribution is 2.34. The van der Waals surface area contributed by atoms with E-state index in [9.17, 15) is 9.90 Å². The largest absolute Gasteiger partial charge is 0.396 e. The molecule has 2 amide bonds. The SMILES string of the molecule is CCC1(CO)CCN(C(=O)NC(C)C2CCOC2)CC1. The van der Waals surface area contributed by atoms with Crippen LogP contribution in [0.5, 0.6) is 0 Å². The second kappa shape index (κ2) is 6.76. The smallest absolute Gasteiger partial charge is 0.317 e. The van der Waals surface area contributed by atoms with Gasteiger partial charge in [-0.15, -0.1) is 0 Å². The van der Waals surface area contributed by atoms with Crippen LogP contribution in [0.15, 0.2) is 0 Å². The zero-order valence-corrected chi connectivity index (χ0v) is 12.7. The van der Waals surface area contributed by atoms with Crippen LogP contribution in [0.1, 0.15) is 39.5 Å². The van der Waals surface area contributed by atoms with Crippen molar-refractivity contribution in [2.45, 2.75) is 45.6 Å². The molecule has 2 fully saturated rings. The van der Waals surface area contributed by atoms with Crippen LogP contribution >= 0.6 is 0 Å². The number of nitrogens with zero attached hydrogens (tertiary/aromatic N) is 1. The molecular formula is C15H28N2O3. The molecular weight excluding hydrogens is 256 g/mol. The number of urea groups is 1. The minimum absolute atomic E-state index is 0.0295. The summed E-state index contributed by atoms with van der Waals surface area (Å²) in [5, 5.41) is 12.6. The first-order chi connectivity index (χ1) is 9.60. The first-order valence-corrected chi connectivity index (χ1v) is 7.84. The number of aliphatic hydroxyl groups is 1. The van der Waals surface area contributed by atoms with Gasteiger partial charge in [0, 0.05) is 38.3 Å². The molecule has 2 aliphatic rings. The van der Waals surface area contributed by atoms with Gasteiger partial charge in [0.25, 0.3) is 0 Å². The van der Waals surface area contributed by atoms with Crippen molar-refractivity contribution < 1.29 is 14.6 Å². The summed E-state index contributed by atoms with van der Waals surface area (Å²) >= 11 is 0. The quantitative estimate of drug-likeness (QED) is 0.824. The summed E-state index contributed by atoms with van der Waals surface area (Å²) in [6.07, 6.45) is 3.81. The molecule has 0 saturated carbocycles. The van der Waals surface area contributed by atoms with Gasteiger partial charge in [0.1, 0.15) is 0 Å². The van der Waals surface area contributed by atoms with Crippen LogP contribution in [0, 0.1) is 11.3 Å². The second-order valence-electron chi connectivity index (χ2n) is 6.36. The molecule has 2 heterocycles. The summed E-state index contributed by atoms with van der Waals surface area (Å²) in [6, 6.07) is 0.202. The zero-order valence-electron chi connectivity index (χ0n) is 12.7. The van der Waals surface area contributed by atoms with Gasteiger partial charge >= 0.3 is 6.03 Å². The van der Waals surface area contributed by atoms with E-state index in [1.807, 2.05) is 4.90 Å². The maximum Gasteiger partial charge on any atom is 0.317 e. The molecule has 2 unspecified atom stereocenters. The maximum absolute atomic E-state index is 12.3. The first kappa shape index (κ1) is 15.6. The molecule has 0 aliphatic carbocycles. The number of carbonyl (C=O) groups excluding carboxylic acids is 1. The van der Waals surface area contributed by atoms with Crippen LogP contribution < -0.4 is 5.32 Å². The van der Waals surface area contributed by atoms with E-state index in [1.165, 1.54) is 0 Å². The average molecular weight is 284 g/mol. The van der Waals surface area contributed by atoms with Gasteiger partial charge in [-0.3, -0.25) is 0 Å². The number of hydrogen-bond donors (Lipinski definition) is 2. The minimum Gasteiger partial charge on any atom is -0.396 e. The fraction of sp³-hybridized carbons (Fsp3) is 0.933. The molecule has 116 valence electrons. The third-order valence-corrected chi connectivity index (χ3v) is 5.22. The fourth-order valence-electron chi connectivity index (χ4n) is 3.16. The number of hydrogen-bond acceptors (Lipinski definition) is 3. The summed E-state index contributed by atoms with van der Waals surface area (Å²) in [5.41, 5.74) is 0.0295. The van der Waals surface area contributed by atoms with Gasteiger partial charge in [-0.05, 0) is 38.0 Å². The molecule has 0 aromatic heterocycles. The Morgan fingerprint density at radius 3 is 2.70 bits per heavy atom. The lowest BCUT2D eigenvalue weighted by atomic mass is 9.77. The van der Waals surface area contributed by atoms with Gasteiger partial charge in [0.2, 0.25) is 0 Å². The van der Waals surface area contributed by atoms with Gasteiger partial charge in [-0.1, -0.05) is 6.92 Å². The molecule has 5 nitrogen and oxygen atoms in total. The lowest BCUT2D eigenvalue weighted by Crippen LogP contribution is -2.51. The Kier molecular flexibility index (Phi) is 5.27. The molecule has 0 aromatic rings. The summed E-state index contributed by atoms with van der Waals surface area (Å²) in [7, 11) is 0. The molecule has 5 heteroatoms. The van der Waals surface area contributed by atoms with E-state index in [-0.39, 0.29) is 24.1 Å². The summed E-state index contributed by atoms with van der Waals surface area (Å²) < 4.78 is 5.37. The van der Waals surface area contributed by atoms with Crippen LogP contribution in [-0.4, -0.2) is 55.0 Å². The van der Waals surface area contributed by atoms with E-state index in [4.69, 9.17) is 4.74 Å². The predicted octanol–water partition coefficient (Wildman–Crippen LogP) is 1.61. The lowest BCUT2D eigenvalue weighted by molar-refractivity contribution is 0.0511. The zero-order chi connectivity index (χ0) is 14.6. The van der Waals surface area contributed by atoms with Crippen LogP contribution in [-0.2, 0) is 4.74 Å². The molecule has 0 aromatic carbocycles. The van der Waals surface area contributed by atoms with E-state index in [2.05, 4.69) is 19.2 Å². The van der Waals surface area contributed by atoms with Crippen molar-refractivity contribution in [3.05, 3.63) is 0 Å². The number of aliphatic hydroxyl groups excluding tert-OH is 1. The number of carbonyl (C=O) groups is 1. The number of likely N-dealkylation sites (tertiary alicyclic amines) is 1. The van der Waals surface area contributed by atoms with E-state index in [0.29, 0.717) is 5.92 Å². The number of nitrogens with one attached hydrogen (secondary N) is 1. The first-order valence-electron chi connectivity index (χ1n) is 7.84. The molecule has 0 radical (unpaired) electrons. The molecule has 2 N–H and O–H groups in total. The van der Waals surface area contributed by atoms with Gasteiger partial charge in [0.05, 0.1) is 6.61 Å². The summed E-state index contributed by atoms with van der Waals surface area (Å²) in [6.45, 7) is 7.46. The third kappa shape index (κ3) is 3.44. The number of rotatable bonds is 4. The Morgan fingerprint density at radius 2 is 2.20 bits per heavy atom. The van der Waals surface area contributed by atoms with Crippen molar-refractivity contribution in [2.75, 3.05) is 32.9 Å². The predicted molar refractivity (Wildman–Crippen MR) is 77.5 cm³/mol. The summed E-state index contributed by atoms with van der Waals surface area (Å²) in [5.74, 6) is 0.441. The highest BCUT2D eigenvalue weighted by atomic mass is 16.5. The van der Waals surface area contributed by atoms with Crippen molar-refractivity contribution in [3.63, 3.8) is 0 Å². The van der Waals surface area contributed by atoms with E-state index in [0.717, 1.165) is 52.0 Å². The maximum atomic E-state index is 12.3. The molecule has 0 bridgehead atoms. The third-order valence-electron chi connectivity index (χ3n) is 5.22. The standard InChI is InChI=1S/C15H28N2O3/c1-3-15(11-18)5-7-17(8-6-15)14(19)16-12(2)13-4-9-20-10-13/h12-13,18H,3-11H2,1-2H3,(H,16,19). The van der Waals surface area contributed by atoms with Crippen molar-refractivity contribution in [1.82, 2.24) is 10.2 Å². The van der Waals surface area contributed by atoms with E-state index >= 15 is 0 Å². The Morgan fingerprint density at radius 1 is 1.50 bits per heavy atom. The highest BCUT2D eigenvalue weighted by molar-refractivity contribution is 5.74. The van der Waals surface area contributed by atoms with Gasteiger partial charge in [-0.25, -0.2) is 4.79 Å². The van der Waals surface area contributed by atoms with Crippen molar-refractivity contribution >= 4 is 6.03 Å². The van der Waals surface area contributed by atoms with Crippen molar-refractivity contribution in [3.8, 4) is 0 Å². The van der Waals surface area contributed by atoms with Crippen LogP contribution in [0.25, 0.3) is 0 Å². The van der Waals surface area contributed by atoms with Gasteiger partial charge < -0.3 is 20.1 Å². The Labute approximate surface area is 121 Å². The normalized spacial score (nSPS) is 27.4. The monoisotopic (exact) mass is 284 g/mol. The molecule has 0 spiro atoms. The lowest BCUT2D eigenvalue weighted by Gasteiger charge is -2.40.